The van der Waals surface area contributed by atoms with Crippen LogP contribution in [0.5, 0.6) is 11.5 Å². The van der Waals surface area contributed by atoms with Gasteiger partial charge in [0.25, 0.3) is 0 Å². The molecule has 7 nitrogen and oxygen atoms in total. The van der Waals surface area contributed by atoms with Crippen molar-refractivity contribution in [2.24, 2.45) is 0 Å². The van der Waals surface area contributed by atoms with Crippen molar-refractivity contribution in [2.75, 3.05) is 6.61 Å². The number of rotatable bonds is 6. The summed E-state index contributed by atoms with van der Waals surface area (Å²) in [5.74, 6) is -3.38. The first-order valence-corrected chi connectivity index (χ1v) is 7.10. The van der Waals surface area contributed by atoms with Crippen molar-refractivity contribution < 1.29 is 34.4 Å². The topological polar surface area (TPSA) is 121 Å². The standard InChI is InChI=1S/C16H16O7/c1-2-23-16-8(4-3-5-11(19)20)14(21)12-9(17)6-7-10(18)13(12)15(16)22/h6-7,17-18H,2-5H2,1H3,(H,19,20). The number of allylic oxidation sites excluding steroid dienone is 2. The van der Waals surface area contributed by atoms with Crippen molar-refractivity contribution in [3.8, 4) is 11.5 Å². The molecule has 0 radical (unpaired) electrons. The van der Waals surface area contributed by atoms with Gasteiger partial charge < -0.3 is 20.1 Å². The van der Waals surface area contributed by atoms with E-state index in [0.717, 1.165) is 12.1 Å². The number of hydrogen-bond donors (Lipinski definition) is 3. The summed E-state index contributed by atoms with van der Waals surface area (Å²) < 4.78 is 5.26. The van der Waals surface area contributed by atoms with E-state index in [1.165, 1.54) is 0 Å². The highest BCUT2D eigenvalue weighted by molar-refractivity contribution is 6.28. The Morgan fingerprint density at radius 2 is 1.65 bits per heavy atom. The summed E-state index contributed by atoms with van der Waals surface area (Å²) in [5, 5.41) is 28.4. The zero-order chi connectivity index (χ0) is 17.1. The molecule has 1 aliphatic rings. The number of phenolic OH excluding ortho intramolecular Hbond substituents is 2. The van der Waals surface area contributed by atoms with Crippen molar-refractivity contribution in [3.05, 3.63) is 34.6 Å². The molecule has 0 heterocycles. The van der Waals surface area contributed by atoms with Gasteiger partial charge in [0.2, 0.25) is 5.78 Å². The minimum absolute atomic E-state index is 0.0199. The molecule has 0 atom stereocenters. The van der Waals surface area contributed by atoms with Crippen LogP contribution in [0.15, 0.2) is 23.5 Å². The summed E-state index contributed by atoms with van der Waals surface area (Å²) in [7, 11) is 0. The van der Waals surface area contributed by atoms with Gasteiger partial charge in [-0.2, -0.15) is 0 Å². The molecule has 0 bridgehead atoms. The number of carboxylic acid groups (broad SMARTS) is 1. The van der Waals surface area contributed by atoms with E-state index in [2.05, 4.69) is 0 Å². The summed E-state index contributed by atoms with van der Waals surface area (Å²) in [4.78, 5) is 35.7. The molecule has 0 saturated heterocycles. The quantitative estimate of drug-likeness (QED) is 0.685. The molecule has 0 aliphatic heterocycles. The van der Waals surface area contributed by atoms with E-state index in [1.807, 2.05) is 0 Å². The summed E-state index contributed by atoms with van der Waals surface area (Å²) in [6.07, 6.45) is 0.0131. The largest absolute Gasteiger partial charge is 0.507 e. The molecule has 23 heavy (non-hydrogen) atoms. The van der Waals surface area contributed by atoms with Crippen LogP contribution in [0.1, 0.15) is 46.9 Å². The number of fused-ring (bicyclic) bond motifs is 1. The third kappa shape index (κ3) is 3.03. The van der Waals surface area contributed by atoms with Crippen LogP contribution in [0.3, 0.4) is 0 Å². The Labute approximate surface area is 131 Å². The second-order valence-corrected chi connectivity index (χ2v) is 5.00. The van der Waals surface area contributed by atoms with Gasteiger partial charge in [-0.1, -0.05) is 0 Å². The lowest BCUT2D eigenvalue weighted by molar-refractivity contribution is -0.137. The van der Waals surface area contributed by atoms with Crippen molar-refractivity contribution >= 4 is 17.5 Å². The summed E-state index contributed by atoms with van der Waals surface area (Å²) >= 11 is 0. The minimum atomic E-state index is -1.01. The SMILES string of the molecule is CCOC1=C(CCCC(=O)O)C(=O)c2c(O)ccc(O)c2C1=O. The summed E-state index contributed by atoms with van der Waals surface area (Å²) in [5.41, 5.74) is -0.546. The van der Waals surface area contributed by atoms with Crippen LogP contribution in [-0.4, -0.2) is 39.5 Å². The highest BCUT2D eigenvalue weighted by Gasteiger charge is 2.37. The molecular weight excluding hydrogens is 304 g/mol. The predicted molar refractivity (Wildman–Crippen MR) is 78.6 cm³/mol. The first-order chi connectivity index (χ1) is 10.9. The lowest BCUT2D eigenvalue weighted by Crippen LogP contribution is -2.24. The van der Waals surface area contributed by atoms with Gasteiger partial charge in [-0.05, 0) is 31.9 Å². The minimum Gasteiger partial charge on any atom is -0.507 e. The Morgan fingerprint density at radius 1 is 1.09 bits per heavy atom. The number of carboxylic acids is 1. The van der Waals surface area contributed by atoms with Crippen LogP contribution < -0.4 is 0 Å². The first kappa shape index (κ1) is 16.5. The number of hydrogen-bond acceptors (Lipinski definition) is 6. The normalized spacial score (nSPS) is 14.0. The van der Waals surface area contributed by atoms with Crippen LogP contribution in [0.25, 0.3) is 0 Å². The number of benzene rings is 1. The monoisotopic (exact) mass is 320 g/mol. The molecule has 0 saturated carbocycles. The maximum absolute atomic E-state index is 12.6. The third-order valence-corrected chi connectivity index (χ3v) is 3.48. The average molecular weight is 320 g/mol. The van der Waals surface area contributed by atoms with E-state index in [1.54, 1.807) is 6.92 Å². The highest BCUT2D eigenvalue weighted by atomic mass is 16.5. The van der Waals surface area contributed by atoms with Crippen LogP contribution in [0.2, 0.25) is 0 Å². The van der Waals surface area contributed by atoms with Crippen LogP contribution >= 0.6 is 0 Å². The maximum atomic E-state index is 12.6. The number of aliphatic carboxylic acids is 1. The fourth-order valence-electron chi connectivity index (χ4n) is 2.49. The van der Waals surface area contributed by atoms with E-state index >= 15 is 0 Å². The lowest BCUT2D eigenvalue weighted by atomic mass is 9.84. The van der Waals surface area contributed by atoms with Gasteiger partial charge in [0, 0.05) is 12.0 Å². The van der Waals surface area contributed by atoms with Crippen molar-refractivity contribution in [1.82, 2.24) is 0 Å². The molecule has 1 aromatic rings. The second kappa shape index (κ2) is 6.51. The molecule has 2 rings (SSSR count). The Kier molecular flexibility index (Phi) is 4.68. The molecule has 0 unspecified atom stereocenters. The van der Waals surface area contributed by atoms with Crippen LogP contribution in [-0.2, 0) is 9.53 Å². The number of aromatic hydroxyl groups is 2. The smallest absolute Gasteiger partial charge is 0.303 e. The zero-order valence-electron chi connectivity index (χ0n) is 12.5. The number of carbonyl (C=O) groups excluding carboxylic acids is 2. The van der Waals surface area contributed by atoms with Gasteiger partial charge in [0.05, 0.1) is 17.7 Å². The average Bonchev–Trinajstić information content (AvgIpc) is 2.49. The van der Waals surface area contributed by atoms with Crippen LogP contribution in [0.4, 0.5) is 0 Å². The molecule has 122 valence electrons. The van der Waals surface area contributed by atoms with Gasteiger partial charge in [0.15, 0.2) is 11.5 Å². The van der Waals surface area contributed by atoms with Crippen molar-refractivity contribution in [1.29, 1.82) is 0 Å². The summed E-state index contributed by atoms with van der Waals surface area (Å²) in [6.45, 7) is 1.77. The molecule has 1 aromatic carbocycles. The first-order valence-electron chi connectivity index (χ1n) is 7.10. The molecular formula is C16H16O7. The second-order valence-electron chi connectivity index (χ2n) is 5.00. The van der Waals surface area contributed by atoms with Crippen molar-refractivity contribution in [2.45, 2.75) is 26.2 Å². The van der Waals surface area contributed by atoms with Gasteiger partial charge >= 0.3 is 5.97 Å². The Bertz CT molecular complexity index is 715. The van der Waals surface area contributed by atoms with E-state index in [-0.39, 0.29) is 48.3 Å². The summed E-state index contributed by atoms with van der Waals surface area (Å²) in [6, 6.07) is 2.25. The number of phenols is 2. The van der Waals surface area contributed by atoms with Crippen molar-refractivity contribution in [3.63, 3.8) is 0 Å². The van der Waals surface area contributed by atoms with Gasteiger partial charge in [-0.15, -0.1) is 0 Å². The predicted octanol–water partition coefficient (Wildman–Crippen LogP) is 2.02. The lowest BCUT2D eigenvalue weighted by Gasteiger charge is -2.22. The van der Waals surface area contributed by atoms with E-state index in [4.69, 9.17) is 9.84 Å². The fraction of sp³-hybridized carbons (Fsp3) is 0.312. The van der Waals surface area contributed by atoms with Gasteiger partial charge in [0.1, 0.15) is 11.5 Å². The highest BCUT2D eigenvalue weighted by Crippen LogP contribution is 2.38. The molecule has 0 fully saturated rings. The number of Topliss-reactive ketones (excluding diaryl/α,β-unsaturated/α-hetero) is 2. The van der Waals surface area contributed by atoms with Gasteiger partial charge in [-0.25, -0.2) is 0 Å². The Balaban J connectivity index is 2.50. The zero-order valence-corrected chi connectivity index (χ0v) is 12.5. The number of carbonyl (C=O) groups is 3. The fourth-order valence-corrected chi connectivity index (χ4v) is 2.49. The molecule has 0 amide bonds. The molecule has 0 spiro atoms. The molecule has 0 aromatic heterocycles. The third-order valence-electron chi connectivity index (χ3n) is 3.48. The number of ketones is 2. The van der Waals surface area contributed by atoms with Crippen LogP contribution in [0, 0.1) is 0 Å². The van der Waals surface area contributed by atoms with E-state index < -0.39 is 29.0 Å². The molecule has 7 heteroatoms. The Hall–Kier alpha value is -2.83. The van der Waals surface area contributed by atoms with Gasteiger partial charge in [-0.3, -0.25) is 14.4 Å². The number of ether oxygens (including phenoxy) is 1. The Morgan fingerprint density at radius 3 is 2.17 bits per heavy atom. The van der Waals surface area contributed by atoms with E-state index in [0.29, 0.717) is 0 Å². The molecule has 3 N–H and O–H groups in total. The van der Waals surface area contributed by atoms with E-state index in [9.17, 15) is 24.6 Å². The maximum Gasteiger partial charge on any atom is 0.303 e. The molecule has 1 aliphatic carbocycles.